The number of aryl methyl sites for hydroxylation is 1. The van der Waals surface area contributed by atoms with Crippen molar-refractivity contribution in [2.45, 2.75) is 46.1 Å². The van der Waals surface area contributed by atoms with Gasteiger partial charge in [-0.2, -0.15) is 0 Å². The number of carbonyl (C=O) groups excluding carboxylic acids is 3. The zero-order valence-electron chi connectivity index (χ0n) is 20.5. The van der Waals surface area contributed by atoms with Crippen LogP contribution in [0.4, 0.5) is 0 Å². The van der Waals surface area contributed by atoms with E-state index in [4.69, 9.17) is 16.3 Å². The third-order valence-corrected chi connectivity index (χ3v) is 5.85. The Balaban J connectivity index is 1.83. The number of fused-ring (bicyclic) bond motifs is 1. The first-order valence-corrected chi connectivity index (χ1v) is 12.3. The Kier molecular flexibility index (Phi) is 9.48. The number of hydrogen-bond donors (Lipinski definition) is 2. The molecular weight excluding hydrogens is 468 g/mol. The summed E-state index contributed by atoms with van der Waals surface area (Å²) in [6.07, 6.45) is 1.92. The second-order valence-electron chi connectivity index (χ2n) is 9.20. The van der Waals surface area contributed by atoms with Gasteiger partial charge < -0.3 is 20.3 Å². The van der Waals surface area contributed by atoms with Gasteiger partial charge in [0.2, 0.25) is 5.91 Å². The van der Waals surface area contributed by atoms with Gasteiger partial charge in [-0.05, 0) is 62.4 Å². The number of rotatable bonds is 3. The summed E-state index contributed by atoms with van der Waals surface area (Å²) in [5, 5.41) is 6.35. The second kappa shape index (κ2) is 12.5. The van der Waals surface area contributed by atoms with Gasteiger partial charge in [-0.25, -0.2) is 4.98 Å². The number of pyridine rings is 1. The van der Waals surface area contributed by atoms with Crippen LogP contribution in [0.3, 0.4) is 0 Å². The topological polar surface area (TPSA) is 101 Å². The molecule has 2 heterocycles. The normalized spacial score (nSPS) is 18.0. The first kappa shape index (κ1) is 26.5. The average Bonchev–Trinajstić information content (AvgIpc) is 2.81. The number of nitrogens with one attached hydrogen (secondary N) is 2. The Bertz CT molecular complexity index is 1060. The molecule has 3 rings (SSSR count). The van der Waals surface area contributed by atoms with Gasteiger partial charge in [0.1, 0.15) is 18.1 Å². The number of amides is 3. The maximum Gasteiger partial charge on any atom is 0.272 e. The number of halogens is 1. The largest absolute Gasteiger partial charge is 0.491 e. The Labute approximate surface area is 211 Å². The summed E-state index contributed by atoms with van der Waals surface area (Å²) in [6.45, 7) is 6.81. The average molecular weight is 501 g/mol. The predicted octanol–water partition coefficient (Wildman–Crippen LogP) is 3.62. The lowest BCUT2D eigenvalue weighted by Gasteiger charge is -2.25. The van der Waals surface area contributed by atoms with Gasteiger partial charge in [-0.1, -0.05) is 31.5 Å². The standard InChI is InChI=1S/C26H33ClN4O4/c1-17(2)13-20-16-35-23-10-9-19(27)14-21(23)25(33)28-11-4-5-12-31(15-24(32)30-20)26(34)22-8-6-7-18(3)29-22/h6-10,14,17,20H,4-5,11-13,15-16H2,1-3H3,(H,28,33)(H,30,32)/t20-/m0/s1. The molecule has 2 N–H and O–H groups in total. The minimum atomic E-state index is -0.298. The highest BCUT2D eigenvalue weighted by Gasteiger charge is 2.23. The predicted molar refractivity (Wildman–Crippen MR) is 135 cm³/mol. The Morgan fingerprint density at radius 3 is 2.77 bits per heavy atom. The molecule has 8 nitrogen and oxygen atoms in total. The monoisotopic (exact) mass is 500 g/mol. The molecule has 188 valence electrons. The summed E-state index contributed by atoms with van der Waals surface area (Å²) in [6, 6.07) is 9.86. The first-order valence-electron chi connectivity index (χ1n) is 12.0. The van der Waals surface area contributed by atoms with E-state index in [1.54, 1.807) is 30.3 Å². The van der Waals surface area contributed by atoms with Crippen molar-refractivity contribution in [3.8, 4) is 5.75 Å². The molecule has 1 aliphatic heterocycles. The van der Waals surface area contributed by atoms with Crippen LogP contribution in [0.5, 0.6) is 5.75 Å². The van der Waals surface area contributed by atoms with E-state index in [0.29, 0.717) is 60.3 Å². The van der Waals surface area contributed by atoms with Gasteiger partial charge in [-0.3, -0.25) is 14.4 Å². The summed E-state index contributed by atoms with van der Waals surface area (Å²) in [5.41, 5.74) is 1.39. The minimum absolute atomic E-state index is 0.0817. The maximum atomic E-state index is 13.2. The molecule has 35 heavy (non-hydrogen) atoms. The van der Waals surface area contributed by atoms with E-state index in [9.17, 15) is 14.4 Å². The van der Waals surface area contributed by atoms with Gasteiger partial charge in [0.05, 0.1) is 18.2 Å². The molecule has 0 aliphatic carbocycles. The van der Waals surface area contributed by atoms with Crippen molar-refractivity contribution >= 4 is 29.3 Å². The third-order valence-electron chi connectivity index (χ3n) is 5.62. The van der Waals surface area contributed by atoms with Gasteiger partial charge >= 0.3 is 0 Å². The maximum absolute atomic E-state index is 13.2. The van der Waals surface area contributed by atoms with E-state index in [1.165, 1.54) is 4.90 Å². The number of benzene rings is 1. The lowest BCUT2D eigenvalue weighted by molar-refractivity contribution is -0.122. The molecule has 3 amide bonds. The fourth-order valence-electron chi connectivity index (χ4n) is 3.98. The SMILES string of the molecule is Cc1cccc(C(=O)N2CCCCNC(=O)c3cc(Cl)ccc3OC[C@H](CC(C)C)NC(=O)C2)n1. The minimum Gasteiger partial charge on any atom is -0.491 e. The number of hydrogen-bond acceptors (Lipinski definition) is 5. The molecule has 0 saturated carbocycles. The lowest BCUT2D eigenvalue weighted by atomic mass is 10.0. The molecule has 1 aromatic carbocycles. The van der Waals surface area contributed by atoms with E-state index in [2.05, 4.69) is 29.5 Å². The van der Waals surface area contributed by atoms with Crippen LogP contribution < -0.4 is 15.4 Å². The first-order chi connectivity index (χ1) is 16.7. The highest BCUT2D eigenvalue weighted by atomic mass is 35.5. The molecule has 0 saturated heterocycles. The van der Waals surface area contributed by atoms with Crippen molar-refractivity contribution in [1.29, 1.82) is 0 Å². The van der Waals surface area contributed by atoms with Crippen molar-refractivity contribution < 1.29 is 19.1 Å². The van der Waals surface area contributed by atoms with Gasteiger partial charge in [0.25, 0.3) is 11.8 Å². The van der Waals surface area contributed by atoms with E-state index in [1.807, 2.05) is 13.0 Å². The van der Waals surface area contributed by atoms with Crippen molar-refractivity contribution in [3.63, 3.8) is 0 Å². The third kappa shape index (κ3) is 7.96. The molecule has 0 unspecified atom stereocenters. The Hall–Kier alpha value is -3.13. The van der Waals surface area contributed by atoms with Crippen molar-refractivity contribution in [3.05, 3.63) is 58.4 Å². The van der Waals surface area contributed by atoms with Gasteiger partial charge in [0.15, 0.2) is 0 Å². The molecule has 0 bridgehead atoms. The van der Waals surface area contributed by atoms with Crippen LogP contribution in [0.15, 0.2) is 36.4 Å². The van der Waals surface area contributed by atoms with E-state index in [-0.39, 0.29) is 36.9 Å². The molecule has 0 fully saturated rings. The van der Waals surface area contributed by atoms with Crippen LogP contribution in [0.1, 0.15) is 59.7 Å². The molecule has 2 aromatic rings. The van der Waals surface area contributed by atoms with Crippen LogP contribution >= 0.6 is 11.6 Å². The highest BCUT2D eigenvalue weighted by Crippen LogP contribution is 2.24. The van der Waals surface area contributed by atoms with Gasteiger partial charge in [-0.15, -0.1) is 0 Å². The smallest absolute Gasteiger partial charge is 0.272 e. The lowest BCUT2D eigenvalue weighted by Crippen LogP contribution is -2.47. The van der Waals surface area contributed by atoms with E-state index < -0.39 is 0 Å². The van der Waals surface area contributed by atoms with Crippen LogP contribution in [0, 0.1) is 12.8 Å². The zero-order chi connectivity index (χ0) is 25.4. The molecule has 0 radical (unpaired) electrons. The summed E-state index contributed by atoms with van der Waals surface area (Å²) < 4.78 is 5.98. The molecular formula is C26H33ClN4O4. The quantitative estimate of drug-likeness (QED) is 0.670. The summed E-state index contributed by atoms with van der Waals surface area (Å²) >= 11 is 6.12. The van der Waals surface area contributed by atoms with Crippen molar-refractivity contribution in [2.75, 3.05) is 26.2 Å². The summed E-state index contributed by atoms with van der Waals surface area (Å²) in [5.74, 6) is -0.129. The van der Waals surface area contributed by atoms with Crippen LogP contribution in [0.2, 0.25) is 5.02 Å². The number of ether oxygens (including phenoxy) is 1. The number of aromatic nitrogens is 1. The fraction of sp³-hybridized carbons (Fsp3) is 0.462. The number of carbonyl (C=O) groups is 3. The molecule has 1 aliphatic rings. The Morgan fingerprint density at radius 2 is 2.03 bits per heavy atom. The van der Waals surface area contributed by atoms with Crippen molar-refractivity contribution in [1.82, 2.24) is 20.5 Å². The summed E-state index contributed by atoms with van der Waals surface area (Å²) in [7, 11) is 0. The highest BCUT2D eigenvalue weighted by molar-refractivity contribution is 6.31. The Morgan fingerprint density at radius 1 is 1.23 bits per heavy atom. The summed E-state index contributed by atoms with van der Waals surface area (Å²) in [4.78, 5) is 44.8. The van der Waals surface area contributed by atoms with Gasteiger partial charge in [0, 0.05) is 23.8 Å². The zero-order valence-corrected chi connectivity index (χ0v) is 21.2. The van der Waals surface area contributed by atoms with Crippen molar-refractivity contribution in [2.24, 2.45) is 5.92 Å². The van der Waals surface area contributed by atoms with Crippen LogP contribution in [-0.2, 0) is 4.79 Å². The van der Waals surface area contributed by atoms with Crippen LogP contribution in [-0.4, -0.2) is 59.9 Å². The van der Waals surface area contributed by atoms with E-state index >= 15 is 0 Å². The van der Waals surface area contributed by atoms with Crippen LogP contribution in [0.25, 0.3) is 0 Å². The molecule has 1 atom stereocenters. The number of nitrogens with zero attached hydrogens (tertiary/aromatic N) is 2. The second-order valence-corrected chi connectivity index (χ2v) is 9.64. The molecule has 9 heteroatoms. The molecule has 0 spiro atoms. The van der Waals surface area contributed by atoms with E-state index in [0.717, 1.165) is 5.69 Å². The molecule has 1 aromatic heterocycles. The fourth-order valence-corrected chi connectivity index (χ4v) is 4.15.